The molecule has 3 unspecified atom stereocenters. The van der Waals surface area contributed by atoms with Crippen molar-refractivity contribution in [2.45, 2.75) is 91.5 Å². The molecule has 0 spiro atoms. The predicted molar refractivity (Wildman–Crippen MR) is 153 cm³/mol. The number of aryl methyl sites for hydroxylation is 2. The van der Waals surface area contributed by atoms with Crippen LogP contribution in [0.1, 0.15) is 76.6 Å². The van der Waals surface area contributed by atoms with Crippen molar-refractivity contribution >= 4 is 23.6 Å². The Hall–Kier alpha value is -3.55. The summed E-state index contributed by atoms with van der Waals surface area (Å²) in [4.78, 5) is 42.8. The van der Waals surface area contributed by atoms with Crippen molar-refractivity contribution in [2.75, 3.05) is 12.4 Å². The fourth-order valence-electron chi connectivity index (χ4n) is 4.58. The van der Waals surface area contributed by atoms with E-state index in [0.717, 1.165) is 29.5 Å². The second kappa shape index (κ2) is 12.5. The molecule has 1 saturated carbocycles. The van der Waals surface area contributed by atoms with Gasteiger partial charge in [-0.15, -0.1) is 0 Å². The van der Waals surface area contributed by atoms with Gasteiger partial charge in [-0.05, 0) is 88.8 Å². The Morgan fingerprint density at radius 1 is 1.05 bits per heavy atom. The summed E-state index contributed by atoms with van der Waals surface area (Å²) in [5.74, 6) is -0.0888. The highest BCUT2D eigenvalue weighted by atomic mass is 16.6. The van der Waals surface area contributed by atoms with Crippen LogP contribution in [0, 0.1) is 19.8 Å². The molecule has 0 aromatic heterocycles. The Balaban J connectivity index is 2.02. The number of hydrogen-bond donors (Lipinski definition) is 2. The fraction of sp³-hybridized carbons (Fsp3) is 0.516. The molecule has 3 rings (SSSR count). The second-order valence-electron chi connectivity index (χ2n) is 11.5. The van der Waals surface area contributed by atoms with Gasteiger partial charge in [0, 0.05) is 11.7 Å². The van der Waals surface area contributed by atoms with E-state index in [9.17, 15) is 14.4 Å². The normalized spacial score (nSPS) is 15.5. The lowest BCUT2D eigenvalue weighted by molar-refractivity contribution is -0.142. The second-order valence-corrected chi connectivity index (χ2v) is 11.5. The molecule has 3 amide bonds. The van der Waals surface area contributed by atoms with E-state index in [2.05, 4.69) is 10.6 Å². The minimum absolute atomic E-state index is 0.100. The maximum atomic E-state index is 14.3. The van der Waals surface area contributed by atoms with Crippen molar-refractivity contribution in [2.24, 2.45) is 5.92 Å². The van der Waals surface area contributed by atoms with E-state index in [1.807, 2.05) is 45.9 Å². The summed E-state index contributed by atoms with van der Waals surface area (Å²) < 4.78 is 10.7. The van der Waals surface area contributed by atoms with Gasteiger partial charge in [-0.3, -0.25) is 9.59 Å². The third kappa shape index (κ3) is 7.97. The van der Waals surface area contributed by atoms with Crippen LogP contribution in [0.5, 0.6) is 5.75 Å². The molecular formula is C31H43N3O5. The van der Waals surface area contributed by atoms with Gasteiger partial charge in [0.1, 0.15) is 23.4 Å². The van der Waals surface area contributed by atoms with Crippen LogP contribution >= 0.6 is 0 Å². The van der Waals surface area contributed by atoms with Gasteiger partial charge in [0.15, 0.2) is 0 Å². The minimum atomic E-state index is -0.875. The van der Waals surface area contributed by atoms with Crippen molar-refractivity contribution in [3.8, 4) is 5.75 Å². The summed E-state index contributed by atoms with van der Waals surface area (Å²) in [6, 6.07) is 11.2. The number of carbonyl (C=O) groups excluding carboxylic acids is 3. The lowest BCUT2D eigenvalue weighted by atomic mass is 9.93. The quantitative estimate of drug-likeness (QED) is 0.392. The van der Waals surface area contributed by atoms with Gasteiger partial charge in [-0.2, -0.15) is 0 Å². The molecule has 8 nitrogen and oxygen atoms in total. The molecule has 212 valence electrons. The maximum Gasteiger partial charge on any atom is 0.408 e. The number of benzene rings is 2. The van der Waals surface area contributed by atoms with E-state index in [-0.39, 0.29) is 23.8 Å². The van der Waals surface area contributed by atoms with E-state index >= 15 is 0 Å². The van der Waals surface area contributed by atoms with Crippen LogP contribution in [0.4, 0.5) is 10.5 Å². The van der Waals surface area contributed by atoms with Crippen molar-refractivity contribution in [1.29, 1.82) is 0 Å². The van der Waals surface area contributed by atoms with Gasteiger partial charge in [0.2, 0.25) is 5.91 Å². The standard InChI is InChI=1S/C31H43N3O5/c1-9-20(3)26(33-30(37)39-31(5,6)7)29(36)34(23-13-14-23)27(25-17-10-19(2)18-21(25)4)28(35)32-22-11-15-24(38-8)16-12-22/h10-12,15-18,20,23,26-27H,9,13-14H2,1-8H3,(H,32,35)(H,33,37). The van der Waals surface area contributed by atoms with Gasteiger partial charge < -0.3 is 25.0 Å². The van der Waals surface area contributed by atoms with Crippen molar-refractivity contribution in [3.63, 3.8) is 0 Å². The molecule has 2 aromatic carbocycles. The zero-order valence-corrected chi connectivity index (χ0v) is 24.5. The summed E-state index contributed by atoms with van der Waals surface area (Å²) in [6.07, 6.45) is 1.60. The van der Waals surface area contributed by atoms with Gasteiger partial charge in [-0.25, -0.2) is 4.79 Å². The van der Waals surface area contributed by atoms with Crippen LogP contribution in [-0.4, -0.2) is 47.6 Å². The first-order valence-electron chi connectivity index (χ1n) is 13.7. The average molecular weight is 538 g/mol. The van der Waals surface area contributed by atoms with Gasteiger partial charge in [-0.1, -0.05) is 44.0 Å². The molecular weight excluding hydrogens is 494 g/mol. The summed E-state index contributed by atoms with van der Waals surface area (Å²) in [5, 5.41) is 5.83. The third-order valence-corrected chi connectivity index (χ3v) is 6.95. The molecule has 2 aromatic rings. The molecule has 1 aliphatic carbocycles. The number of hydrogen-bond acceptors (Lipinski definition) is 5. The molecule has 1 aliphatic rings. The molecule has 0 radical (unpaired) electrons. The van der Waals surface area contributed by atoms with Crippen molar-refractivity contribution in [1.82, 2.24) is 10.2 Å². The SMILES string of the molecule is CCC(C)C(NC(=O)OC(C)(C)C)C(=O)N(C1CC1)C(C(=O)Nc1ccc(OC)cc1)c1ccc(C)cc1C. The average Bonchev–Trinajstić information content (AvgIpc) is 3.70. The molecule has 0 bridgehead atoms. The van der Waals surface area contributed by atoms with Gasteiger partial charge in [0.05, 0.1) is 7.11 Å². The van der Waals surface area contributed by atoms with Crippen LogP contribution in [-0.2, 0) is 14.3 Å². The number of ether oxygens (including phenoxy) is 2. The number of rotatable bonds is 10. The predicted octanol–water partition coefficient (Wildman–Crippen LogP) is 5.92. The van der Waals surface area contributed by atoms with Crippen molar-refractivity contribution < 1.29 is 23.9 Å². The zero-order chi connectivity index (χ0) is 28.9. The highest BCUT2D eigenvalue weighted by molar-refractivity contribution is 5.99. The molecule has 1 fully saturated rings. The molecule has 0 heterocycles. The Labute approximate surface area is 232 Å². The Morgan fingerprint density at radius 2 is 1.69 bits per heavy atom. The molecule has 0 saturated heterocycles. The maximum absolute atomic E-state index is 14.3. The highest BCUT2D eigenvalue weighted by Crippen LogP contribution is 2.38. The highest BCUT2D eigenvalue weighted by Gasteiger charge is 2.45. The fourth-order valence-corrected chi connectivity index (χ4v) is 4.58. The number of carbonyl (C=O) groups is 3. The van der Waals surface area contributed by atoms with Crippen molar-refractivity contribution in [3.05, 3.63) is 59.2 Å². The molecule has 0 aliphatic heterocycles. The molecule has 3 atom stereocenters. The monoisotopic (exact) mass is 537 g/mol. The van der Waals surface area contributed by atoms with E-state index in [0.29, 0.717) is 17.9 Å². The van der Waals surface area contributed by atoms with Crippen LogP contribution in [0.25, 0.3) is 0 Å². The van der Waals surface area contributed by atoms with E-state index in [1.54, 1.807) is 57.0 Å². The molecule has 8 heteroatoms. The van der Waals surface area contributed by atoms with Crippen LogP contribution < -0.4 is 15.4 Å². The van der Waals surface area contributed by atoms with Crippen LogP contribution in [0.2, 0.25) is 0 Å². The number of methoxy groups -OCH3 is 1. The van der Waals surface area contributed by atoms with Gasteiger partial charge >= 0.3 is 6.09 Å². The van der Waals surface area contributed by atoms with E-state index < -0.39 is 23.8 Å². The van der Waals surface area contributed by atoms with Crippen LogP contribution in [0.3, 0.4) is 0 Å². The molecule has 2 N–H and O–H groups in total. The Kier molecular flexibility index (Phi) is 9.64. The summed E-state index contributed by atoms with van der Waals surface area (Å²) >= 11 is 0. The number of alkyl carbamates (subject to hydrolysis) is 1. The first-order chi connectivity index (χ1) is 18.3. The first-order valence-corrected chi connectivity index (χ1v) is 13.7. The van der Waals surface area contributed by atoms with Gasteiger partial charge in [0.25, 0.3) is 5.91 Å². The summed E-state index contributed by atoms with van der Waals surface area (Å²) in [6.45, 7) is 13.2. The smallest absolute Gasteiger partial charge is 0.408 e. The van der Waals surface area contributed by atoms with E-state index in [4.69, 9.17) is 9.47 Å². The topological polar surface area (TPSA) is 97.0 Å². The molecule has 39 heavy (non-hydrogen) atoms. The Morgan fingerprint density at radius 3 is 2.21 bits per heavy atom. The number of amides is 3. The first kappa shape index (κ1) is 30.0. The lowest BCUT2D eigenvalue weighted by Gasteiger charge is -2.36. The lowest BCUT2D eigenvalue weighted by Crippen LogP contribution is -2.55. The third-order valence-electron chi connectivity index (χ3n) is 6.95. The van der Waals surface area contributed by atoms with E-state index in [1.165, 1.54) is 0 Å². The van der Waals surface area contributed by atoms with Crippen LogP contribution in [0.15, 0.2) is 42.5 Å². The number of anilines is 1. The largest absolute Gasteiger partial charge is 0.497 e. The number of nitrogens with one attached hydrogen (secondary N) is 2. The summed E-state index contributed by atoms with van der Waals surface area (Å²) in [5.41, 5.74) is 2.64. The minimum Gasteiger partial charge on any atom is -0.497 e. The Bertz CT molecular complexity index is 1170. The summed E-state index contributed by atoms with van der Waals surface area (Å²) in [7, 11) is 1.59. The zero-order valence-electron chi connectivity index (χ0n) is 24.5. The number of nitrogens with zero attached hydrogens (tertiary/aromatic N) is 1.